The molecule has 7 heteroatoms. The van der Waals surface area contributed by atoms with E-state index in [4.69, 9.17) is 23.2 Å². The third kappa shape index (κ3) is 5.36. The Kier molecular flexibility index (Phi) is 7.43. The van der Waals surface area contributed by atoms with Crippen LogP contribution in [-0.2, 0) is 9.53 Å². The van der Waals surface area contributed by atoms with E-state index < -0.39 is 5.97 Å². The highest BCUT2D eigenvalue weighted by molar-refractivity contribution is 8.00. The standard InChI is InChI=1S/C23H19Cl2NO3S/c1-14-7-9-16(18(24)11-14)17-5-3-4-6-21(17)30-13-22(27)26-20-10-8-15(12-19(20)25)23(28)29-2/h3-12H,13H2,1-2H3,(H,26,27). The number of hydrogen-bond donors (Lipinski definition) is 1. The molecule has 0 aliphatic heterocycles. The van der Waals surface area contributed by atoms with Crippen molar-refractivity contribution in [1.82, 2.24) is 0 Å². The van der Waals surface area contributed by atoms with Gasteiger partial charge in [0.25, 0.3) is 0 Å². The average molecular weight is 460 g/mol. The van der Waals surface area contributed by atoms with Gasteiger partial charge in [-0.2, -0.15) is 0 Å². The fourth-order valence-electron chi connectivity index (χ4n) is 2.84. The van der Waals surface area contributed by atoms with Gasteiger partial charge in [-0.05, 0) is 48.4 Å². The van der Waals surface area contributed by atoms with Gasteiger partial charge in [-0.25, -0.2) is 4.79 Å². The summed E-state index contributed by atoms with van der Waals surface area (Å²) in [5.74, 6) is -0.510. The maximum absolute atomic E-state index is 12.5. The number of ether oxygens (including phenoxy) is 1. The first-order valence-corrected chi connectivity index (χ1v) is 10.8. The zero-order valence-electron chi connectivity index (χ0n) is 16.4. The minimum absolute atomic E-state index is 0.190. The minimum atomic E-state index is -0.489. The van der Waals surface area contributed by atoms with Gasteiger partial charge in [0.15, 0.2) is 0 Å². The Balaban J connectivity index is 1.71. The van der Waals surface area contributed by atoms with Crippen molar-refractivity contribution < 1.29 is 14.3 Å². The predicted octanol–water partition coefficient (Wildman–Crippen LogP) is 6.49. The molecule has 3 aromatic carbocycles. The topological polar surface area (TPSA) is 55.4 Å². The molecule has 3 aromatic rings. The molecule has 0 fully saturated rings. The summed E-state index contributed by atoms with van der Waals surface area (Å²) in [6.45, 7) is 1.99. The zero-order chi connectivity index (χ0) is 21.7. The Hall–Kier alpha value is -2.47. The number of halogens is 2. The quantitative estimate of drug-likeness (QED) is 0.338. The van der Waals surface area contributed by atoms with Crippen LogP contribution in [0.2, 0.25) is 10.0 Å². The smallest absolute Gasteiger partial charge is 0.337 e. The molecule has 0 aromatic heterocycles. The van der Waals surface area contributed by atoms with Crippen LogP contribution in [-0.4, -0.2) is 24.7 Å². The third-order valence-corrected chi connectivity index (χ3v) is 6.02. The van der Waals surface area contributed by atoms with Crippen LogP contribution >= 0.6 is 35.0 Å². The molecule has 0 radical (unpaired) electrons. The fourth-order valence-corrected chi connectivity index (χ4v) is 4.28. The average Bonchev–Trinajstić information content (AvgIpc) is 2.73. The highest BCUT2D eigenvalue weighted by Gasteiger charge is 2.13. The first kappa shape index (κ1) is 22.2. The molecule has 0 unspecified atom stereocenters. The molecule has 0 saturated carbocycles. The predicted molar refractivity (Wildman–Crippen MR) is 124 cm³/mol. The van der Waals surface area contributed by atoms with Gasteiger partial charge >= 0.3 is 5.97 Å². The molecule has 0 heterocycles. The molecule has 30 heavy (non-hydrogen) atoms. The van der Waals surface area contributed by atoms with Gasteiger partial charge in [-0.1, -0.05) is 53.5 Å². The number of amides is 1. The Bertz CT molecular complexity index is 1100. The van der Waals surface area contributed by atoms with Gasteiger partial charge in [0.05, 0.1) is 29.1 Å². The number of thioether (sulfide) groups is 1. The molecule has 3 rings (SSSR count). The van der Waals surface area contributed by atoms with Crippen molar-refractivity contribution in [2.24, 2.45) is 0 Å². The molecule has 0 atom stereocenters. The van der Waals surface area contributed by atoms with Crippen LogP contribution in [0, 0.1) is 6.92 Å². The van der Waals surface area contributed by atoms with Gasteiger partial charge in [-0.3, -0.25) is 4.79 Å². The van der Waals surface area contributed by atoms with Gasteiger partial charge in [-0.15, -0.1) is 11.8 Å². The number of nitrogens with one attached hydrogen (secondary N) is 1. The van der Waals surface area contributed by atoms with Gasteiger partial charge < -0.3 is 10.1 Å². The number of benzene rings is 3. The number of methoxy groups -OCH3 is 1. The van der Waals surface area contributed by atoms with E-state index in [1.807, 2.05) is 49.4 Å². The second-order valence-corrected chi connectivity index (χ2v) is 8.33. The molecule has 154 valence electrons. The summed E-state index contributed by atoms with van der Waals surface area (Å²) < 4.78 is 4.66. The van der Waals surface area contributed by atoms with Crippen molar-refractivity contribution in [3.8, 4) is 11.1 Å². The lowest BCUT2D eigenvalue weighted by Crippen LogP contribution is -2.14. The zero-order valence-corrected chi connectivity index (χ0v) is 18.7. The van der Waals surface area contributed by atoms with Crippen molar-refractivity contribution >= 4 is 52.5 Å². The van der Waals surface area contributed by atoms with Crippen molar-refractivity contribution in [1.29, 1.82) is 0 Å². The van der Waals surface area contributed by atoms with Crippen LogP contribution in [0.4, 0.5) is 5.69 Å². The highest BCUT2D eigenvalue weighted by Crippen LogP contribution is 2.36. The number of carbonyl (C=O) groups excluding carboxylic acids is 2. The Labute approximate surface area is 189 Å². The second-order valence-electron chi connectivity index (χ2n) is 6.50. The second kappa shape index (κ2) is 10.0. The summed E-state index contributed by atoms with van der Waals surface area (Å²) in [7, 11) is 1.30. The molecule has 0 bridgehead atoms. The molecule has 0 saturated heterocycles. The highest BCUT2D eigenvalue weighted by atomic mass is 35.5. The monoisotopic (exact) mass is 459 g/mol. The first-order valence-electron chi connectivity index (χ1n) is 9.05. The lowest BCUT2D eigenvalue weighted by atomic mass is 10.0. The van der Waals surface area contributed by atoms with Crippen molar-refractivity contribution in [2.45, 2.75) is 11.8 Å². The molecular weight excluding hydrogens is 441 g/mol. The molecule has 4 nitrogen and oxygen atoms in total. The van der Waals surface area contributed by atoms with Crippen LogP contribution in [0.3, 0.4) is 0 Å². The Morgan fingerprint density at radius 1 is 0.967 bits per heavy atom. The van der Waals surface area contributed by atoms with Gasteiger partial charge in [0, 0.05) is 15.5 Å². The third-order valence-electron chi connectivity index (χ3n) is 4.32. The maximum atomic E-state index is 12.5. The summed E-state index contributed by atoms with van der Waals surface area (Å²) in [6, 6.07) is 18.3. The van der Waals surface area contributed by atoms with E-state index in [9.17, 15) is 9.59 Å². The lowest BCUT2D eigenvalue weighted by molar-refractivity contribution is -0.113. The van der Waals surface area contributed by atoms with E-state index >= 15 is 0 Å². The van der Waals surface area contributed by atoms with Crippen molar-refractivity contribution in [3.63, 3.8) is 0 Å². The number of rotatable bonds is 6. The normalized spacial score (nSPS) is 10.5. The SMILES string of the molecule is COC(=O)c1ccc(NC(=O)CSc2ccccc2-c2ccc(C)cc2Cl)c(Cl)c1. The Morgan fingerprint density at radius 3 is 2.43 bits per heavy atom. The molecular formula is C23H19Cl2NO3S. The van der Waals surface area contributed by atoms with Crippen molar-refractivity contribution in [3.05, 3.63) is 81.8 Å². The number of esters is 1. The van der Waals surface area contributed by atoms with E-state index in [0.717, 1.165) is 21.6 Å². The van der Waals surface area contributed by atoms with Crippen LogP contribution in [0.25, 0.3) is 11.1 Å². The molecule has 1 amide bonds. The van der Waals surface area contributed by atoms with E-state index in [1.54, 1.807) is 12.1 Å². The molecule has 0 aliphatic carbocycles. The summed E-state index contributed by atoms with van der Waals surface area (Å²) in [5.41, 5.74) is 3.74. The number of aryl methyl sites for hydroxylation is 1. The largest absolute Gasteiger partial charge is 0.465 e. The van der Waals surface area contributed by atoms with E-state index in [-0.39, 0.29) is 16.7 Å². The summed E-state index contributed by atoms with van der Waals surface area (Å²) in [4.78, 5) is 25.0. The van der Waals surface area contributed by atoms with Crippen molar-refractivity contribution in [2.75, 3.05) is 18.2 Å². The fraction of sp³-hybridized carbons (Fsp3) is 0.130. The van der Waals surface area contributed by atoms with E-state index in [0.29, 0.717) is 16.3 Å². The van der Waals surface area contributed by atoms with E-state index in [2.05, 4.69) is 10.1 Å². The summed E-state index contributed by atoms with van der Waals surface area (Å²) >= 11 is 14.0. The first-order chi connectivity index (χ1) is 14.4. The Morgan fingerprint density at radius 2 is 1.73 bits per heavy atom. The van der Waals surface area contributed by atoms with Crippen LogP contribution in [0.15, 0.2) is 65.6 Å². The number of hydrogen-bond acceptors (Lipinski definition) is 4. The summed E-state index contributed by atoms with van der Waals surface area (Å²) in [6.07, 6.45) is 0. The molecule has 1 N–H and O–H groups in total. The maximum Gasteiger partial charge on any atom is 0.337 e. The van der Waals surface area contributed by atoms with Crippen LogP contribution in [0.5, 0.6) is 0 Å². The van der Waals surface area contributed by atoms with Gasteiger partial charge in [0.1, 0.15) is 0 Å². The molecule has 0 aliphatic rings. The lowest BCUT2D eigenvalue weighted by Gasteiger charge is -2.12. The summed E-state index contributed by atoms with van der Waals surface area (Å²) in [5, 5.41) is 3.71. The van der Waals surface area contributed by atoms with Gasteiger partial charge in [0.2, 0.25) is 5.91 Å². The minimum Gasteiger partial charge on any atom is -0.465 e. The van der Waals surface area contributed by atoms with Crippen LogP contribution < -0.4 is 5.32 Å². The number of carbonyl (C=O) groups is 2. The molecule has 0 spiro atoms. The van der Waals surface area contributed by atoms with E-state index in [1.165, 1.54) is 24.9 Å². The number of anilines is 1. The van der Waals surface area contributed by atoms with Crippen LogP contribution in [0.1, 0.15) is 15.9 Å².